The number of imidazole rings is 1. The normalized spacial score (nSPS) is 10.6. The Hall–Kier alpha value is -3.63. The minimum atomic E-state index is -0.456. The van der Waals surface area contributed by atoms with Gasteiger partial charge in [0.05, 0.1) is 36.9 Å². The number of nitrogens with one attached hydrogen (secondary N) is 2. The largest absolute Gasteiger partial charge is 0.465 e. The zero-order valence-electron chi connectivity index (χ0n) is 18.9. The molecule has 0 radical (unpaired) electrons. The molecule has 0 fully saturated rings. The monoisotopic (exact) mass is 482 g/mol. The lowest BCUT2D eigenvalue weighted by molar-refractivity contribution is -0.122. The molecule has 0 aliphatic heterocycles. The number of ether oxygens (including phenoxy) is 1. The maximum atomic E-state index is 12.5. The molecular formula is C24H26N4O5S. The number of aromatic nitrogens is 2. The van der Waals surface area contributed by atoms with E-state index in [1.807, 2.05) is 31.2 Å². The maximum absolute atomic E-state index is 12.5. The summed E-state index contributed by atoms with van der Waals surface area (Å²) in [5, 5.41) is 15.7. The van der Waals surface area contributed by atoms with Crippen molar-refractivity contribution >= 4 is 35.2 Å². The van der Waals surface area contributed by atoms with Crippen molar-refractivity contribution in [2.75, 3.05) is 18.2 Å². The third-order valence-electron chi connectivity index (χ3n) is 4.90. The van der Waals surface area contributed by atoms with E-state index in [0.717, 1.165) is 22.9 Å². The van der Waals surface area contributed by atoms with Gasteiger partial charge >= 0.3 is 5.97 Å². The number of hydrogen-bond donors (Lipinski definition) is 3. The van der Waals surface area contributed by atoms with E-state index < -0.39 is 5.97 Å². The number of aliphatic hydroxyl groups is 1. The molecule has 0 bridgehead atoms. The molecule has 9 nitrogen and oxygen atoms in total. The zero-order valence-corrected chi connectivity index (χ0v) is 19.7. The van der Waals surface area contributed by atoms with E-state index in [2.05, 4.69) is 20.4 Å². The molecule has 0 atom stereocenters. The molecule has 0 spiro atoms. The fourth-order valence-electron chi connectivity index (χ4n) is 3.04. The highest BCUT2D eigenvalue weighted by atomic mass is 32.2. The van der Waals surface area contributed by atoms with Crippen LogP contribution in [0.1, 0.15) is 27.2 Å². The second kappa shape index (κ2) is 12.0. The van der Waals surface area contributed by atoms with Crippen LogP contribution in [0.5, 0.6) is 0 Å². The van der Waals surface area contributed by atoms with Gasteiger partial charge in [0.25, 0.3) is 0 Å². The molecule has 34 heavy (non-hydrogen) atoms. The summed E-state index contributed by atoms with van der Waals surface area (Å²) in [5.41, 5.74) is 3.52. The van der Waals surface area contributed by atoms with E-state index in [-0.39, 0.29) is 30.7 Å². The molecule has 1 aromatic heterocycles. The number of rotatable bonds is 10. The number of hydrogen-bond acceptors (Lipinski definition) is 7. The van der Waals surface area contributed by atoms with E-state index in [4.69, 9.17) is 0 Å². The van der Waals surface area contributed by atoms with Crippen molar-refractivity contribution in [3.63, 3.8) is 0 Å². The van der Waals surface area contributed by atoms with Crippen molar-refractivity contribution in [1.29, 1.82) is 0 Å². The molecule has 2 amide bonds. The van der Waals surface area contributed by atoms with Crippen LogP contribution in [-0.4, -0.2) is 45.3 Å². The highest BCUT2D eigenvalue weighted by Gasteiger charge is 2.15. The van der Waals surface area contributed by atoms with Crippen molar-refractivity contribution in [3.8, 4) is 0 Å². The number of esters is 1. The Morgan fingerprint density at radius 3 is 2.41 bits per heavy atom. The topological polar surface area (TPSA) is 123 Å². The molecule has 2 aromatic carbocycles. The minimum Gasteiger partial charge on any atom is -0.465 e. The van der Waals surface area contributed by atoms with Crippen LogP contribution in [-0.2, 0) is 34.0 Å². The average Bonchev–Trinajstić information content (AvgIpc) is 3.23. The third-order valence-corrected chi connectivity index (χ3v) is 5.89. The van der Waals surface area contributed by atoms with Gasteiger partial charge in [-0.3, -0.25) is 9.59 Å². The molecule has 0 saturated carbocycles. The summed E-state index contributed by atoms with van der Waals surface area (Å²) in [7, 11) is 1.30. The smallest absolute Gasteiger partial charge is 0.337 e. The van der Waals surface area contributed by atoms with Gasteiger partial charge < -0.3 is 25.0 Å². The van der Waals surface area contributed by atoms with E-state index in [1.165, 1.54) is 13.3 Å². The van der Waals surface area contributed by atoms with Crippen LogP contribution in [0.2, 0.25) is 0 Å². The summed E-state index contributed by atoms with van der Waals surface area (Å²) in [4.78, 5) is 40.6. The summed E-state index contributed by atoms with van der Waals surface area (Å²) < 4.78 is 6.24. The van der Waals surface area contributed by atoms with Crippen molar-refractivity contribution < 1.29 is 24.2 Å². The van der Waals surface area contributed by atoms with Crippen LogP contribution in [0, 0.1) is 6.92 Å². The first-order valence-electron chi connectivity index (χ1n) is 10.5. The van der Waals surface area contributed by atoms with Crippen LogP contribution in [0.4, 0.5) is 5.69 Å². The van der Waals surface area contributed by atoms with Gasteiger partial charge in [-0.25, -0.2) is 9.78 Å². The quantitative estimate of drug-likeness (QED) is 0.300. The number of aryl methyl sites for hydroxylation is 1. The van der Waals surface area contributed by atoms with Crippen LogP contribution in [0.25, 0.3) is 0 Å². The van der Waals surface area contributed by atoms with Crippen molar-refractivity contribution in [1.82, 2.24) is 14.9 Å². The van der Waals surface area contributed by atoms with E-state index in [1.54, 1.807) is 28.8 Å². The fourth-order valence-corrected chi connectivity index (χ4v) is 3.84. The van der Waals surface area contributed by atoms with Crippen LogP contribution < -0.4 is 10.6 Å². The fraction of sp³-hybridized carbons (Fsp3) is 0.250. The molecule has 10 heteroatoms. The highest BCUT2D eigenvalue weighted by Crippen LogP contribution is 2.20. The number of amides is 2. The lowest BCUT2D eigenvalue weighted by Gasteiger charge is -2.11. The Morgan fingerprint density at radius 1 is 1.06 bits per heavy atom. The van der Waals surface area contributed by atoms with Gasteiger partial charge in [0, 0.05) is 12.2 Å². The van der Waals surface area contributed by atoms with Crippen molar-refractivity contribution in [2.24, 2.45) is 0 Å². The summed E-state index contributed by atoms with van der Waals surface area (Å²) in [6.45, 7) is 2.08. The van der Waals surface area contributed by atoms with E-state index in [9.17, 15) is 19.5 Å². The van der Waals surface area contributed by atoms with Crippen LogP contribution in [0.3, 0.4) is 0 Å². The Bertz CT molecular complexity index is 1140. The van der Waals surface area contributed by atoms with Gasteiger partial charge in [0.15, 0.2) is 5.16 Å². The van der Waals surface area contributed by atoms with Crippen molar-refractivity contribution in [3.05, 3.63) is 77.1 Å². The molecule has 0 unspecified atom stereocenters. The Labute approximate surface area is 201 Å². The van der Waals surface area contributed by atoms with E-state index in [0.29, 0.717) is 28.6 Å². The molecule has 178 valence electrons. The van der Waals surface area contributed by atoms with E-state index >= 15 is 0 Å². The third kappa shape index (κ3) is 6.93. The number of anilines is 1. The molecular weight excluding hydrogens is 456 g/mol. The lowest BCUT2D eigenvalue weighted by atomic mass is 10.1. The number of carbonyl (C=O) groups is 3. The molecule has 0 saturated heterocycles. The van der Waals surface area contributed by atoms with Crippen LogP contribution in [0.15, 0.2) is 59.9 Å². The number of carbonyl (C=O) groups excluding carboxylic acids is 3. The summed E-state index contributed by atoms with van der Waals surface area (Å²) in [5.74, 6) is -0.918. The van der Waals surface area contributed by atoms with Gasteiger partial charge in [-0.15, -0.1) is 0 Å². The Kier molecular flexibility index (Phi) is 8.83. The first kappa shape index (κ1) is 25.0. The number of nitrogens with zero attached hydrogens (tertiary/aromatic N) is 2. The standard InChI is InChI=1S/C24H26N4O5S/c1-16-3-5-17(6-4-16)11-25-21(30)13-28-20(14-29)12-26-24(28)34-15-22(31)27-19-9-7-18(8-10-19)23(32)33-2/h3-10,12,29H,11,13-15H2,1-2H3,(H,25,30)(H,27,31). The Morgan fingerprint density at radius 2 is 1.76 bits per heavy atom. The molecule has 0 aliphatic rings. The predicted octanol–water partition coefficient (Wildman–Crippen LogP) is 2.52. The highest BCUT2D eigenvalue weighted by molar-refractivity contribution is 7.99. The van der Waals surface area contributed by atoms with Gasteiger partial charge in [-0.2, -0.15) is 0 Å². The van der Waals surface area contributed by atoms with Gasteiger partial charge in [0.1, 0.15) is 6.54 Å². The SMILES string of the molecule is COC(=O)c1ccc(NC(=O)CSc2ncc(CO)n2CC(=O)NCc2ccc(C)cc2)cc1. The Balaban J connectivity index is 1.55. The molecule has 3 aromatic rings. The summed E-state index contributed by atoms with van der Waals surface area (Å²) >= 11 is 1.15. The second-order valence-electron chi connectivity index (χ2n) is 7.44. The number of methoxy groups -OCH3 is 1. The van der Waals surface area contributed by atoms with Gasteiger partial charge in [-0.05, 0) is 36.8 Å². The number of benzene rings is 2. The molecule has 3 N–H and O–H groups in total. The molecule has 3 rings (SSSR count). The zero-order chi connectivity index (χ0) is 24.5. The summed E-state index contributed by atoms with van der Waals surface area (Å²) in [6.07, 6.45) is 1.49. The first-order valence-corrected chi connectivity index (χ1v) is 11.5. The summed E-state index contributed by atoms with van der Waals surface area (Å²) in [6, 6.07) is 14.2. The van der Waals surface area contributed by atoms with Gasteiger partial charge in [-0.1, -0.05) is 41.6 Å². The minimum absolute atomic E-state index is 0.0271. The number of aliphatic hydroxyl groups excluding tert-OH is 1. The maximum Gasteiger partial charge on any atom is 0.337 e. The molecule has 0 aliphatic carbocycles. The van der Waals surface area contributed by atoms with Crippen LogP contribution >= 0.6 is 11.8 Å². The second-order valence-corrected chi connectivity index (χ2v) is 8.39. The predicted molar refractivity (Wildman–Crippen MR) is 128 cm³/mol. The lowest BCUT2D eigenvalue weighted by Crippen LogP contribution is -2.28. The van der Waals surface area contributed by atoms with Gasteiger partial charge in [0.2, 0.25) is 11.8 Å². The average molecular weight is 483 g/mol. The number of thioether (sulfide) groups is 1. The first-order chi connectivity index (χ1) is 16.4. The molecule has 1 heterocycles. The van der Waals surface area contributed by atoms with Crippen molar-refractivity contribution in [2.45, 2.75) is 31.8 Å².